The fourth-order valence-corrected chi connectivity index (χ4v) is 2.01. The molecule has 0 aliphatic carbocycles. The Kier molecular flexibility index (Phi) is 4.52. The van der Waals surface area contributed by atoms with Crippen molar-refractivity contribution in [3.8, 4) is 0 Å². The van der Waals surface area contributed by atoms with Gasteiger partial charge in [0.05, 0.1) is 12.7 Å². The van der Waals surface area contributed by atoms with Crippen LogP contribution in [-0.4, -0.2) is 13.1 Å². The van der Waals surface area contributed by atoms with Crippen LogP contribution in [0, 0.1) is 11.6 Å². The van der Waals surface area contributed by atoms with Crippen molar-refractivity contribution >= 4 is 11.7 Å². The van der Waals surface area contributed by atoms with E-state index in [4.69, 9.17) is 0 Å². The van der Waals surface area contributed by atoms with Crippen LogP contribution in [0.3, 0.4) is 0 Å². The van der Waals surface area contributed by atoms with Crippen LogP contribution in [0.25, 0.3) is 0 Å². The lowest BCUT2D eigenvalue weighted by Crippen LogP contribution is -2.12. The molecule has 2 aromatic rings. The maximum Gasteiger partial charge on any atom is 0.340 e. The quantitative estimate of drug-likeness (QED) is 0.868. The number of esters is 1. The van der Waals surface area contributed by atoms with E-state index in [0.717, 1.165) is 11.6 Å². The molecule has 3 nitrogen and oxygen atoms in total. The molecule has 0 aromatic heterocycles. The lowest BCUT2D eigenvalue weighted by Gasteiger charge is -2.18. The number of hydrogen-bond donors (Lipinski definition) is 1. The third kappa shape index (κ3) is 3.56. The van der Waals surface area contributed by atoms with Crippen LogP contribution >= 0.6 is 0 Å². The minimum Gasteiger partial charge on any atom is -0.465 e. The van der Waals surface area contributed by atoms with Crippen molar-refractivity contribution in [1.29, 1.82) is 0 Å². The number of anilines is 1. The summed E-state index contributed by atoms with van der Waals surface area (Å²) in [4.78, 5) is 11.7. The van der Waals surface area contributed by atoms with Gasteiger partial charge in [0, 0.05) is 11.7 Å². The summed E-state index contributed by atoms with van der Waals surface area (Å²) in [5.74, 6) is -1.50. The number of hydrogen-bond acceptors (Lipinski definition) is 3. The third-order valence-corrected chi connectivity index (χ3v) is 3.11. The van der Waals surface area contributed by atoms with Gasteiger partial charge in [0.2, 0.25) is 0 Å². The standard InChI is InChI=1S/C16H15F2NO2/c1-10(11-4-3-5-12(17)8-11)19-15-7-6-13(18)9-14(15)16(20)21-2/h3-10,19H,1-2H3. The average molecular weight is 291 g/mol. The van der Waals surface area contributed by atoms with Crippen LogP contribution < -0.4 is 5.32 Å². The molecule has 0 aliphatic rings. The Morgan fingerprint density at radius 2 is 1.86 bits per heavy atom. The Morgan fingerprint density at radius 3 is 2.52 bits per heavy atom. The zero-order valence-electron chi connectivity index (χ0n) is 11.7. The summed E-state index contributed by atoms with van der Waals surface area (Å²) < 4.78 is 31.1. The molecule has 0 spiro atoms. The Hall–Kier alpha value is -2.43. The summed E-state index contributed by atoms with van der Waals surface area (Å²) in [6.07, 6.45) is 0. The first-order valence-corrected chi connectivity index (χ1v) is 6.41. The van der Waals surface area contributed by atoms with Crippen molar-refractivity contribution in [1.82, 2.24) is 0 Å². The van der Waals surface area contributed by atoms with Gasteiger partial charge in [0.1, 0.15) is 11.6 Å². The Bertz CT molecular complexity index is 658. The van der Waals surface area contributed by atoms with E-state index in [1.165, 1.54) is 31.4 Å². The van der Waals surface area contributed by atoms with E-state index in [1.54, 1.807) is 12.1 Å². The number of benzene rings is 2. The molecule has 1 atom stereocenters. The lowest BCUT2D eigenvalue weighted by molar-refractivity contribution is 0.0601. The molecule has 5 heteroatoms. The van der Waals surface area contributed by atoms with E-state index < -0.39 is 11.8 Å². The fourth-order valence-electron chi connectivity index (χ4n) is 2.01. The van der Waals surface area contributed by atoms with Crippen LogP contribution in [-0.2, 0) is 4.74 Å². The van der Waals surface area contributed by atoms with Gasteiger partial charge >= 0.3 is 5.97 Å². The second-order valence-corrected chi connectivity index (χ2v) is 4.60. The summed E-state index contributed by atoms with van der Waals surface area (Å²) in [6, 6.07) is 9.68. The largest absolute Gasteiger partial charge is 0.465 e. The van der Waals surface area contributed by atoms with E-state index in [0.29, 0.717) is 5.69 Å². The van der Waals surface area contributed by atoms with Gasteiger partial charge in [-0.3, -0.25) is 0 Å². The summed E-state index contributed by atoms with van der Waals surface area (Å²) >= 11 is 0. The molecule has 0 heterocycles. The van der Waals surface area contributed by atoms with Crippen molar-refractivity contribution < 1.29 is 18.3 Å². The second-order valence-electron chi connectivity index (χ2n) is 4.60. The SMILES string of the molecule is COC(=O)c1cc(F)ccc1NC(C)c1cccc(F)c1. The van der Waals surface area contributed by atoms with Gasteiger partial charge in [-0.05, 0) is 42.8 Å². The molecule has 0 radical (unpaired) electrons. The fraction of sp³-hybridized carbons (Fsp3) is 0.188. The van der Waals surface area contributed by atoms with Crippen molar-refractivity contribution in [3.05, 3.63) is 65.2 Å². The number of rotatable bonds is 4. The smallest absolute Gasteiger partial charge is 0.340 e. The monoisotopic (exact) mass is 291 g/mol. The molecule has 21 heavy (non-hydrogen) atoms. The molecule has 0 amide bonds. The zero-order valence-corrected chi connectivity index (χ0v) is 11.7. The van der Waals surface area contributed by atoms with Crippen LogP contribution in [0.4, 0.5) is 14.5 Å². The molecule has 1 N–H and O–H groups in total. The van der Waals surface area contributed by atoms with E-state index in [2.05, 4.69) is 10.1 Å². The number of ether oxygens (including phenoxy) is 1. The molecular formula is C16H15F2NO2. The Balaban J connectivity index is 2.28. The highest BCUT2D eigenvalue weighted by Gasteiger charge is 2.15. The zero-order chi connectivity index (χ0) is 15.4. The topological polar surface area (TPSA) is 38.3 Å². The molecule has 0 bridgehead atoms. The molecule has 0 saturated heterocycles. The van der Waals surface area contributed by atoms with Crippen molar-refractivity contribution in [3.63, 3.8) is 0 Å². The van der Waals surface area contributed by atoms with Gasteiger partial charge in [-0.25, -0.2) is 13.6 Å². The highest BCUT2D eigenvalue weighted by molar-refractivity contribution is 5.95. The highest BCUT2D eigenvalue weighted by atomic mass is 19.1. The summed E-state index contributed by atoms with van der Waals surface area (Å²) in [5, 5.41) is 3.06. The molecule has 2 rings (SSSR count). The number of carbonyl (C=O) groups excluding carboxylic acids is 1. The molecule has 0 aliphatic heterocycles. The van der Waals surface area contributed by atoms with Crippen LogP contribution in [0.1, 0.15) is 28.9 Å². The first-order chi connectivity index (χ1) is 10.0. The minimum atomic E-state index is -0.636. The molecule has 2 aromatic carbocycles. The van der Waals surface area contributed by atoms with Gasteiger partial charge < -0.3 is 10.1 Å². The van der Waals surface area contributed by atoms with Crippen LogP contribution in [0.5, 0.6) is 0 Å². The molecule has 0 fully saturated rings. The van der Waals surface area contributed by atoms with Crippen molar-refractivity contribution in [2.45, 2.75) is 13.0 Å². The van der Waals surface area contributed by atoms with Crippen molar-refractivity contribution in [2.75, 3.05) is 12.4 Å². The number of nitrogens with one attached hydrogen (secondary N) is 1. The van der Waals surface area contributed by atoms with Gasteiger partial charge in [0.15, 0.2) is 0 Å². The van der Waals surface area contributed by atoms with E-state index in [-0.39, 0.29) is 17.4 Å². The maximum absolute atomic E-state index is 13.3. The van der Waals surface area contributed by atoms with E-state index >= 15 is 0 Å². The molecule has 110 valence electrons. The number of halogens is 2. The number of carbonyl (C=O) groups is 1. The second kappa shape index (κ2) is 6.35. The minimum absolute atomic E-state index is 0.0979. The maximum atomic E-state index is 13.3. The predicted molar refractivity (Wildman–Crippen MR) is 76.2 cm³/mol. The first-order valence-electron chi connectivity index (χ1n) is 6.41. The van der Waals surface area contributed by atoms with Crippen LogP contribution in [0.2, 0.25) is 0 Å². The van der Waals surface area contributed by atoms with Crippen LogP contribution in [0.15, 0.2) is 42.5 Å². The lowest BCUT2D eigenvalue weighted by atomic mass is 10.1. The number of methoxy groups -OCH3 is 1. The van der Waals surface area contributed by atoms with E-state index in [9.17, 15) is 13.6 Å². The summed E-state index contributed by atoms with van der Waals surface area (Å²) in [6.45, 7) is 1.82. The molecule has 0 saturated carbocycles. The van der Waals surface area contributed by atoms with Crippen molar-refractivity contribution in [2.24, 2.45) is 0 Å². The highest BCUT2D eigenvalue weighted by Crippen LogP contribution is 2.24. The third-order valence-electron chi connectivity index (χ3n) is 3.11. The Morgan fingerprint density at radius 1 is 1.14 bits per heavy atom. The van der Waals surface area contributed by atoms with Gasteiger partial charge in [-0.15, -0.1) is 0 Å². The van der Waals surface area contributed by atoms with Gasteiger partial charge in [-0.1, -0.05) is 12.1 Å². The summed E-state index contributed by atoms with van der Waals surface area (Å²) in [7, 11) is 1.23. The predicted octanol–water partition coefficient (Wildman–Crippen LogP) is 3.92. The Labute approximate surface area is 121 Å². The normalized spacial score (nSPS) is 11.8. The van der Waals surface area contributed by atoms with Gasteiger partial charge in [-0.2, -0.15) is 0 Å². The average Bonchev–Trinajstić information content (AvgIpc) is 2.48. The van der Waals surface area contributed by atoms with Gasteiger partial charge in [0.25, 0.3) is 0 Å². The molecular weight excluding hydrogens is 276 g/mol. The molecule has 1 unspecified atom stereocenters. The van der Waals surface area contributed by atoms with E-state index in [1.807, 2.05) is 6.92 Å². The first kappa shape index (κ1) is 15.0. The summed E-state index contributed by atoms with van der Waals surface area (Å²) in [5.41, 5.74) is 1.25.